The fourth-order valence-electron chi connectivity index (χ4n) is 7.33. The lowest BCUT2D eigenvalue weighted by atomic mass is 9.80. The van der Waals surface area contributed by atoms with Crippen LogP contribution in [0.1, 0.15) is 63.5 Å². The molecule has 0 aliphatic carbocycles. The van der Waals surface area contributed by atoms with Crippen molar-refractivity contribution < 1.29 is 32.8 Å². The fraction of sp³-hybridized carbons (Fsp3) is 0.348. The van der Waals surface area contributed by atoms with Crippen LogP contribution in [0.3, 0.4) is 0 Å². The number of benzene rings is 4. The van der Waals surface area contributed by atoms with Gasteiger partial charge in [0.1, 0.15) is 35.2 Å². The monoisotopic (exact) mass is 848 g/mol. The van der Waals surface area contributed by atoms with Gasteiger partial charge in [0.15, 0.2) is 0 Å². The van der Waals surface area contributed by atoms with E-state index in [0.29, 0.717) is 17.2 Å². The molecule has 6 rings (SSSR count). The second-order valence-electron chi connectivity index (χ2n) is 14.8. The summed E-state index contributed by atoms with van der Waals surface area (Å²) in [6.07, 6.45) is -0.207. The van der Waals surface area contributed by atoms with Crippen LogP contribution in [0.25, 0.3) is 0 Å². The van der Waals surface area contributed by atoms with E-state index >= 15 is 0 Å². The van der Waals surface area contributed by atoms with E-state index < -0.39 is 44.3 Å². The van der Waals surface area contributed by atoms with Crippen molar-refractivity contribution >= 4 is 26.1 Å². The van der Waals surface area contributed by atoms with Gasteiger partial charge in [0.25, 0.3) is 8.53 Å². The lowest BCUT2D eigenvalue weighted by molar-refractivity contribution is -0.0925. The molecule has 0 saturated carbocycles. The molecular weight excluding hydrogens is 796 g/mol. The van der Waals surface area contributed by atoms with Gasteiger partial charge in [0.2, 0.25) is 0 Å². The quantitative estimate of drug-likeness (QED) is 0.0465. The first-order valence-electron chi connectivity index (χ1n) is 20.2. The number of para-hydroxylation sites is 1. The summed E-state index contributed by atoms with van der Waals surface area (Å²) in [6, 6.07) is 37.6. The van der Waals surface area contributed by atoms with Gasteiger partial charge in [-0.3, -0.25) is 9.88 Å². The van der Waals surface area contributed by atoms with Crippen LogP contribution in [0.2, 0.25) is 0 Å². The number of carbonyl (C=O) groups excluding carboxylic acids is 1. The van der Waals surface area contributed by atoms with Gasteiger partial charge in [-0.15, -0.1) is 0 Å². The van der Waals surface area contributed by atoms with Crippen molar-refractivity contribution in [2.75, 3.05) is 38.1 Å². The number of nitrogens with zero attached hydrogens (tertiary/aromatic N) is 4. The number of carbonyl (C=O) groups is 1. The van der Waals surface area contributed by atoms with Crippen LogP contribution in [-0.2, 0) is 24.1 Å². The number of hydrogen-bond donors (Lipinski definition) is 2. The molecule has 4 aromatic carbocycles. The van der Waals surface area contributed by atoms with Crippen molar-refractivity contribution in [3.8, 4) is 17.6 Å². The van der Waals surface area contributed by atoms with Gasteiger partial charge in [0, 0.05) is 30.4 Å². The Bertz CT molecular complexity index is 2200. The van der Waals surface area contributed by atoms with Crippen LogP contribution in [0, 0.1) is 11.3 Å². The Morgan fingerprint density at radius 2 is 1.44 bits per heavy atom. The van der Waals surface area contributed by atoms with E-state index in [9.17, 15) is 14.9 Å². The van der Waals surface area contributed by atoms with Gasteiger partial charge in [-0.05, 0) is 86.8 Å². The number of methoxy groups -OCH3 is 2. The fourth-order valence-corrected chi connectivity index (χ4v) is 9.08. The molecule has 2 heterocycles. The normalized spacial score (nSPS) is 17.0. The maximum absolute atomic E-state index is 13.7. The van der Waals surface area contributed by atoms with Gasteiger partial charge in [-0.2, -0.15) is 10.2 Å². The largest absolute Gasteiger partial charge is 0.497 e. The summed E-state index contributed by atoms with van der Waals surface area (Å²) >= 11 is 0. The topological polar surface area (TPSA) is 158 Å². The van der Waals surface area contributed by atoms with Crippen molar-refractivity contribution in [1.29, 1.82) is 5.26 Å². The number of amides is 2. The summed E-state index contributed by atoms with van der Waals surface area (Å²) in [5.74, 6) is 1.46. The molecule has 1 aliphatic heterocycles. The summed E-state index contributed by atoms with van der Waals surface area (Å²) in [7, 11) is 1.54. The van der Waals surface area contributed by atoms with Crippen molar-refractivity contribution in [3.63, 3.8) is 0 Å². The first kappa shape index (κ1) is 44.9. The van der Waals surface area contributed by atoms with Crippen molar-refractivity contribution in [1.82, 2.24) is 14.2 Å². The highest BCUT2D eigenvalue weighted by molar-refractivity contribution is 7.44. The molecule has 0 spiro atoms. The molecule has 1 unspecified atom stereocenters. The first-order valence-corrected chi connectivity index (χ1v) is 21.3. The molecule has 15 heteroatoms. The predicted molar refractivity (Wildman–Crippen MR) is 234 cm³/mol. The number of nitrogens with one attached hydrogen (secondary N) is 2. The zero-order valence-corrected chi connectivity index (χ0v) is 36.2. The lowest BCUT2D eigenvalue weighted by Gasteiger charge is -2.39. The number of urea groups is 1. The Kier molecular flexibility index (Phi) is 15.6. The molecular formula is C46H53N6O8P. The second-order valence-corrected chi connectivity index (χ2v) is 16.2. The van der Waals surface area contributed by atoms with E-state index in [-0.39, 0.29) is 44.0 Å². The number of hydrogen-bond acceptors (Lipinski definition) is 11. The van der Waals surface area contributed by atoms with E-state index in [1.54, 1.807) is 50.7 Å². The van der Waals surface area contributed by atoms with Crippen molar-refractivity contribution in [2.24, 2.45) is 0 Å². The highest BCUT2D eigenvalue weighted by atomic mass is 31.2. The van der Waals surface area contributed by atoms with E-state index in [2.05, 4.69) is 54.1 Å². The third-order valence-electron chi connectivity index (χ3n) is 10.1. The summed E-state index contributed by atoms with van der Waals surface area (Å²) in [5, 5.41) is 14.7. The Labute approximate surface area is 358 Å². The van der Waals surface area contributed by atoms with Crippen LogP contribution >= 0.6 is 8.53 Å². The molecule has 2 amide bonds. The second kappa shape index (κ2) is 21.2. The Morgan fingerprint density at radius 3 is 1.98 bits per heavy atom. The van der Waals surface area contributed by atoms with E-state index in [1.807, 2.05) is 84.9 Å². The molecule has 5 aromatic rings. The van der Waals surface area contributed by atoms with Crippen LogP contribution in [0.15, 0.2) is 126 Å². The van der Waals surface area contributed by atoms with Crippen LogP contribution < -0.4 is 25.8 Å². The number of aromatic nitrogens is 2. The minimum absolute atomic E-state index is 0.0142. The number of rotatable bonds is 19. The molecule has 1 aromatic heterocycles. The zero-order valence-electron chi connectivity index (χ0n) is 35.3. The molecule has 2 N–H and O–H groups in total. The Hall–Kier alpha value is -5.65. The van der Waals surface area contributed by atoms with Gasteiger partial charge in [-0.1, -0.05) is 72.8 Å². The molecule has 1 aliphatic rings. The summed E-state index contributed by atoms with van der Waals surface area (Å²) < 4.78 is 41.9. The van der Waals surface area contributed by atoms with Crippen molar-refractivity contribution in [2.45, 2.75) is 76.7 Å². The van der Waals surface area contributed by atoms with Gasteiger partial charge in [0.05, 0.1) is 46.0 Å². The standard InChI is InChI=1S/C46H53N6O8P/c1-32(2)52(33(3)4)61(58-29-13-27-47)60-40-30-43(51-28-26-42(50-45(51)54)49-44(53)48-37-16-11-8-12-17-37)59-41(40)31-57-46(34-14-9-7-10-15-34,35-18-22-38(55-5)23-19-35)36-20-24-39(56-6)25-21-36/h7-12,14-26,28,32-33,40-41,43H,13,29-31H2,1-6H3,(H2,48,49,50,53,54)/t40-,41+,43+,61?/m0/s1. The molecule has 61 heavy (non-hydrogen) atoms. The van der Waals surface area contributed by atoms with E-state index in [1.165, 1.54) is 4.57 Å². The van der Waals surface area contributed by atoms with E-state index in [4.69, 9.17) is 28.0 Å². The lowest BCUT2D eigenvalue weighted by Crippen LogP contribution is -2.39. The number of ether oxygens (including phenoxy) is 4. The van der Waals surface area contributed by atoms with Gasteiger partial charge in [-0.25, -0.2) is 14.3 Å². The highest BCUT2D eigenvalue weighted by Gasteiger charge is 2.45. The van der Waals surface area contributed by atoms with Crippen LogP contribution in [0.4, 0.5) is 16.3 Å². The minimum Gasteiger partial charge on any atom is -0.497 e. The summed E-state index contributed by atoms with van der Waals surface area (Å²) in [4.78, 5) is 30.6. The number of nitriles is 1. The molecule has 0 radical (unpaired) electrons. The zero-order chi connectivity index (χ0) is 43.4. The Balaban J connectivity index is 1.37. The Morgan fingerprint density at radius 1 is 0.869 bits per heavy atom. The van der Waals surface area contributed by atoms with E-state index in [0.717, 1.165) is 16.7 Å². The molecule has 4 atom stereocenters. The third kappa shape index (κ3) is 11.0. The molecule has 0 bridgehead atoms. The first-order chi connectivity index (χ1) is 29.6. The highest BCUT2D eigenvalue weighted by Crippen LogP contribution is 2.50. The van der Waals surface area contributed by atoms with Crippen LogP contribution in [0.5, 0.6) is 11.5 Å². The van der Waals surface area contributed by atoms with Gasteiger partial charge >= 0.3 is 11.7 Å². The van der Waals surface area contributed by atoms with Crippen LogP contribution in [-0.4, -0.2) is 72.0 Å². The predicted octanol–water partition coefficient (Wildman–Crippen LogP) is 8.86. The van der Waals surface area contributed by atoms with Gasteiger partial charge < -0.3 is 33.3 Å². The summed E-state index contributed by atoms with van der Waals surface area (Å²) in [6.45, 7) is 8.47. The molecule has 1 fully saturated rings. The maximum atomic E-state index is 13.7. The average molecular weight is 849 g/mol. The summed E-state index contributed by atoms with van der Waals surface area (Å²) in [5.41, 5.74) is 1.34. The smallest absolute Gasteiger partial charge is 0.351 e. The third-order valence-corrected chi connectivity index (χ3v) is 12.3. The molecule has 1 saturated heterocycles. The SMILES string of the molecule is COc1ccc(C(OC[C@H]2O[C@@H](n3ccc(NC(=O)Nc4ccccc4)nc3=O)C[C@@H]2OP(OCCC#N)N(C(C)C)C(C)C)(c2ccccc2)c2ccc(OC)cc2)cc1. The maximum Gasteiger partial charge on any atom is 0.351 e. The minimum atomic E-state index is -1.70. The number of anilines is 2. The van der Waals surface area contributed by atoms with Crippen molar-refractivity contribution in [3.05, 3.63) is 149 Å². The molecule has 320 valence electrons. The molecule has 14 nitrogen and oxygen atoms in total. The average Bonchev–Trinajstić information content (AvgIpc) is 3.66.